The second-order valence-corrected chi connectivity index (χ2v) is 2.70. The van der Waals surface area contributed by atoms with Gasteiger partial charge in [-0.1, -0.05) is 19.9 Å². The van der Waals surface area contributed by atoms with E-state index in [0.717, 1.165) is 18.0 Å². The Labute approximate surface area is 61.6 Å². The fraction of sp³-hybridized carbons (Fsp3) is 0.625. The number of methoxy groups -OCH3 is 1. The van der Waals surface area contributed by atoms with Crippen molar-refractivity contribution in [3.8, 4) is 0 Å². The number of hydrogen-bond acceptors (Lipinski definition) is 2. The molecule has 1 rings (SSSR count). The monoisotopic (exact) mass is 139 g/mol. The van der Waals surface area contributed by atoms with Gasteiger partial charge < -0.3 is 4.74 Å². The fourth-order valence-electron chi connectivity index (χ4n) is 0.921. The molecule has 0 unspecified atom stereocenters. The summed E-state index contributed by atoms with van der Waals surface area (Å²) in [5.41, 5.74) is 1.15. The molecular weight excluding hydrogens is 126 g/mol. The molecule has 0 aliphatic carbocycles. The second-order valence-electron chi connectivity index (χ2n) is 2.70. The summed E-state index contributed by atoms with van der Waals surface area (Å²) in [5.74, 6) is 1.36. The molecule has 0 aromatic rings. The molecule has 0 saturated carbocycles. The van der Waals surface area contributed by atoms with Crippen LogP contribution in [0, 0.1) is 5.92 Å². The molecule has 1 aliphatic heterocycles. The maximum Gasteiger partial charge on any atom is 0.191 e. The molecule has 0 amide bonds. The zero-order chi connectivity index (χ0) is 7.56. The predicted molar refractivity (Wildman–Crippen MR) is 42.0 cm³/mol. The first kappa shape index (κ1) is 7.32. The zero-order valence-corrected chi connectivity index (χ0v) is 6.72. The quantitative estimate of drug-likeness (QED) is 0.544. The lowest BCUT2D eigenvalue weighted by molar-refractivity contribution is 0.396. The smallest absolute Gasteiger partial charge is 0.191 e. The zero-order valence-electron chi connectivity index (χ0n) is 6.72. The van der Waals surface area contributed by atoms with Crippen molar-refractivity contribution in [3.05, 3.63) is 11.8 Å². The van der Waals surface area contributed by atoms with Crippen LogP contribution in [0.1, 0.15) is 20.3 Å². The summed E-state index contributed by atoms with van der Waals surface area (Å²) in [6.45, 7) is 4.27. The molecular formula is C8H13NO. The third kappa shape index (κ3) is 1.38. The minimum absolute atomic E-state index is 0.521. The van der Waals surface area contributed by atoms with Gasteiger partial charge in [-0.15, -0.1) is 0 Å². The molecule has 0 bridgehead atoms. The Balaban J connectivity index is 2.59. The Morgan fingerprint density at radius 2 is 2.30 bits per heavy atom. The SMILES string of the molecule is COC1=NC(C(C)C)=CC1. The van der Waals surface area contributed by atoms with E-state index in [1.54, 1.807) is 7.11 Å². The molecule has 0 aromatic carbocycles. The van der Waals surface area contributed by atoms with Crippen LogP contribution in [0.5, 0.6) is 0 Å². The minimum atomic E-state index is 0.521. The highest BCUT2D eigenvalue weighted by molar-refractivity contribution is 5.81. The van der Waals surface area contributed by atoms with E-state index in [1.165, 1.54) is 0 Å². The van der Waals surface area contributed by atoms with Crippen molar-refractivity contribution in [2.24, 2.45) is 10.9 Å². The minimum Gasteiger partial charge on any atom is -0.484 e. The van der Waals surface area contributed by atoms with E-state index >= 15 is 0 Å². The van der Waals surface area contributed by atoms with Crippen molar-refractivity contribution in [1.82, 2.24) is 0 Å². The van der Waals surface area contributed by atoms with Crippen LogP contribution >= 0.6 is 0 Å². The topological polar surface area (TPSA) is 21.6 Å². The number of ether oxygens (including phenoxy) is 1. The lowest BCUT2D eigenvalue weighted by Crippen LogP contribution is -1.95. The molecule has 2 nitrogen and oxygen atoms in total. The van der Waals surface area contributed by atoms with Gasteiger partial charge in [0, 0.05) is 12.1 Å². The van der Waals surface area contributed by atoms with Gasteiger partial charge in [0.1, 0.15) is 0 Å². The molecule has 0 spiro atoms. The first-order valence-corrected chi connectivity index (χ1v) is 3.55. The highest BCUT2D eigenvalue weighted by Crippen LogP contribution is 2.18. The highest BCUT2D eigenvalue weighted by atomic mass is 16.5. The van der Waals surface area contributed by atoms with Crippen LogP contribution in [0.25, 0.3) is 0 Å². The molecule has 1 heterocycles. The lowest BCUT2D eigenvalue weighted by atomic mass is 10.1. The molecule has 0 N–H and O–H groups in total. The van der Waals surface area contributed by atoms with Crippen LogP contribution in [0.15, 0.2) is 16.8 Å². The highest BCUT2D eigenvalue weighted by Gasteiger charge is 2.10. The fourth-order valence-corrected chi connectivity index (χ4v) is 0.921. The molecule has 1 aliphatic rings. The van der Waals surface area contributed by atoms with E-state index in [2.05, 4.69) is 24.9 Å². The molecule has 56 valence electrons. The Hall–Kier alpha value is -0.790. The first-order chi connectivity index (χ1) is 4.74. The van der Waals surface area contributed by atoms with E-state index in [4.69, 9.17) is 4.74 Å². The summed E-state index contributed by atoms with van der Waals surface area (Å²) in [6, 6.07) is 0. The molecule has 10 heavy (non-hydrogen) atoms. The van der Waals surface area contributed by atoms with Crippen molar-refractivity contribution in [3.63, 3.8) is 0 Å². The van der Waals surface area contributed by atoms with Crippen LogP contribution < -0.4 is 0 Å². The summed E-state index contributed by atoms with van der Waals surface area (Å²) in [5, 5.41) is 0. The van der Waals surface area contributed by atoms with Crippen LogP contribution in [0.2, 0.25) is 0 Å². The summed E-state index contributed by atoms with van der Waals surface area (Å²) in [6.07, 6.45) is 2.98. The summed E-state index contributed by atoms with van der Waals surface area (Å²) >= 11 is 0. The van der Waals surface area contributed by atoms with E-state index in [0.29, 0.717) is 5.92 Å². The van der Waals surface area contributed by atoms with Gasteiger partial charge in [-0.05, 0) is 5.92 Å². The second kappa shape index (κ2) is 2.86. The van der Waals surface area contributed by atoms with E-state index in [1.807, 2.05) is 0 Å². The van der Waals surface area contributed by atoms with Gasteiger partial charge in [0.15, 0.2) is 5.90 Å². The Bertz CT molecular complexity index is 180. The first-order valence-electron chi connectivity index (χ1n) is 3.55. The number of allylic oxidation sites excluding steroid dienone is 1. The van der Waals surface area contributed by atoms with Gasteiger partial charge in [-0.2, -0.15) is 0 Å². The van der Waals surface area contributed by atoms with Gasteiger partial charge in [0.2, 0.25) is 0 Å². The third-order valence-corrected chi connectivity index (χ3v) is 1.57. The van der Waals surface area contributed by atoms with Crippen molar-refractivity contribution in [2.45, 2.75) is 20.3 Å². The van der Waals surface area contributed by atoms with Gasteiger partial charge in [-0.25, -0.2) is 4.99 Å². The van der Waals surface area contributed by atoms with E-state index in [9.17, 15) is 0 Å². The third-order valence-electron chi connectivity index (χ3n) is 1.57. The Kier molecular flexibility index (Phi) is 2.10. The largest absolute Gasteiger partial charge is 0.484 e. The lowest BCUT2D eigenvalue weighted by Gasteiger charge is -2.00. The van der Waals surface area contributed by atoms with Crippen molar-refractivity contribution < 1.29 is 4.74 Å². The molecule has 0 fully saturated rings. The summed E-state index contributed by atoms with van der Waals surface area (Å²) in [4.78, 5) is 4.26. The summed E-state index contributed by atoms with van der Waals surface area (Å²) < 4.78 is 4.99. The Morgan fingerprint density at radius 3 is 2.60 bits per heavy atom. The standard InChI is InChI=1S/C8H13NO/c1-6(2)7-4-5-8(9-7)10-3/h4,6H,5H2,1-3H3. The van der Waals surface area contributed by atoms with Gasteiger partial charge in [-0.3, -0.25) is 0 Å². The number of rotatable bonds is 1. The maximum absolute atomic E-state index is 4.99. The van der Waals surface area contributed by atoms with Crippen LogP contribution in [-0.4, -0.2) is 13.0 Å². The van der Waals surface area contributed by atoms with Crippen molar-refractivity contribution >= 4 is 5.90 Å². The normalized spacial score (nSPS) is 17.2. The Morgan fingerprint density at radius 1 is 1.60 bits per heavy atom. The van der Waals surface area contributed by atoms with Crippen LogP contribution in [0.3, 0.4) is 0 Å². The number of hydrogen-bond donors (Lipinski definition) is 0. The average Bonchev–Trinajstić information content (AvgIpc) is 2.34. The number of nitrogens with zero attached hydrogens (tertiary/aromatic N) is 1. The van der Waals surface area contributed by atoms with E-state index < -0.39 is 0 Å². The van der Waals surface area contributed by atoms with Crippen LogP contribution in [-0.2, 0) is 4.74 Å². The van der Waals surface area contributed by atoms with Crippen molar-refractivity contribution in [1.29, 1.82) is 0 Å². The number of aliphatic imine (C=N–C) groups is 1. The maximum atomic E-state index is 4.99. The molecule has 0 radical (unpaired) electrons. The van der Waals surface area contributed by atoms with Gasteiger partial charge >= 0.3 is 0 Å². The molecule has 2 heteroatoms. The van der Waals surface area contributed by atoms with Crippen molar-refractivity contribution in [2.75, 3.05) is 7.11 Å². The average molecular weight is 139 g/mol. The summed E-state index contributed by atoms with van der Waals surface area (Å²) in [7, 11) is 1.66. The molecule has 0 saturated heterocycles. The molecule has 0 aromatic heterocycles. The van der Waals surface area contributed by atoms with E-state index in [-0.39, 0.29) is 0 Å². The van der Waals surface area contributed by atoms with Gasteiger partial charge in [0.25, 0.3) is 0 Å². The predicted octanol–water partition coefficient (Wildman–Crippen LogP) is 1.97. The molecule has 0 atom stereocenters. The van der Waals surface area contributed by atoms with Crippen LogP contribution in [0.4, 0.5) is 0 Å². The van der Waals surface area contributed by atoms with Gasteiger partial charge in [0.05, 0.1) is 7.11 Å².